The van der Waals surface area contributed by atoms with Gasteiger partial charge < -0.3 is 30.6 Å². The predicted octanol–water partition coefficient (Wildman–Crippen LogP) is 6.04. The summed E-state index contributed by atoms with van der Waals surface area (Å²) in [7, 11) is 0. The zero-order chi connectivity index (χ0) is 25.2. The van der Waals surface area contributed by atoms with Crippen molar-refractivity contribution in [2.45, 2.75) is 20.8 Å². The Balaban J connectivity index is 0.000000152. The quantitative estimate of drug-likeness (QED) is 0.265. The van der Waals surface area contributed by atoms with Crippen molar-refractivity contribution in [3.05, 3.63) is 126 Å². The van der Waals surface area contributed by atoms with Gasteiger partial charge in [-0.05, 0) is 16.7 Å². The molecule has 3 aromatic carbocycles. The molecule has 0 aliphatic carbocycles. The summed E-state index contributed by atoms with van der Waals surface area (Å²) in [5.41, 5.74) is 9.13. The van der Waals surface area contributed by atoms with Crippen molar-refractivity contribution < 1.29 is 21.7 Å². The molecular weight excluding hydrogens is 492 g/mol. The normalized spacial score (nSPS) is 9.81. The van der Waals surface area contributed by atoms with Crippen LogP contribution < -0.4 is 15.3 Å². The topological polar surface area (TPSA) is 81.0 Å². The second-order valence-electron chi connectivity index (χ2n) is 8.21. The Morgan fingerprint density at radius 3 is 0.838 bits per heavy atom. The van der Waals surface area contributed by atoms with Crippen LogP contribution in [0.2, 0.25) is 0 Å². The van der Waals surface area contributed by atoms with Crippen molar-refractivity contribution in [2.24, 2.45) is 0 Å². The molecule has 0 aliphatic heterocycles. The summed E-state index contributed by atoms with van der Waals surface area (Å²) in [5, 5.41) is 23.9. The molecule has 0 saturated carbocycles. The van der Waals surface area contributed by atoms with E-state index in [9.17, 15) is 0 Å². The Labute approximate surface area is 232 Å². The van der Waals surface area contributed by atoms with E-state index >= 15 is 0 Å². The third-order valence-electron chi connectivity index (χ3n) is 5.19. The number of hydrogen-bond acceptors (Lipinski definition) is 3. The molecule has 0 fully saturated rings. The summed E-state index contributed by atoms with van der Waals surface area (Å²) in [6.45, 7) is 5.83. The molecule has 0 saturated heterocycles. The van der Waals surface area contributed by atoms with E-state index in [4.69, 9.17) is 0 Å². The molecule has 0 atom stereocenters. The van der Waals surface area contributed by atoms with Crippen molar-refractivity contribution >= 4 is 0 Å². The van der Waals surface area contributed by atoms with Crippen molar-refractivity contribution in [3.63, 3.8) is 0 Å². The SMILES string of the molecule is Cc1cc(-c2ccccc2)n[n-]1.Cc1cc(-c2ccccc2)n[n-]1.Cc1cc(-c2ccccc2)n[n-]1.[Ti+3]. The van der Waals surface area contributed by atoms with E-state index in [2.05, 4.69) is 30.6 Å². The molecule has 6 nitrogen and oxygen atoms in total. The minimum Gasteiger partial charge on any atom is -0.579 e. The summed E-state index contributed by atoms with van der Waals surface area (Å²) in [6, 6.07) is 36.1. The standard InChI is InChI=1S/3C10H9N2.Ti/c3*1-8-7-10(12-11-8)9-5-3-2-4-6-9;/h3*2-7H,1H3;/q3*-1;+3. The van der Waals surface area contributed by atoms with Crippen LogP contribution in [-0.2, 0) is 21.7 Å². The van der Waals surface area contributed by atoms with Crippen LogP contribution in [-0.4, -0.2) is 15.3 Å². The Kier molecular flexibility index (Phi) is 10.4. The molecule has 0 unspecified atom stereocenters. The zero-order valence-electron chi connectivity index (χ0n) is 21.1. The first kappa shape index (κ1) is 27.6. The Morgan fingerprint density at radius 1 is 0.405 bits per heavy atom. The van der Waals surface area contributed by atoms with E-state index < -0.39 is 0 Å². The first-order chi connectivity index (χ1) is 17.6. The molecule has 0 N–H and O–H groups in total. The molecule has 181 valence electrons. The molecule has 0 bridgehead atoms. The van der Waals surface area contributed by atoms with E-state index in [1.54, 1.807) is 0 Å². The predicted molar refractivity (Wildman–Crippen MR) is 143 cm³/mol. The summed E-state index contributed by atoms with van der Waals surface area (Å²) in [6.07, 6.45) is 0. The van der Waals surface area contributed by atoms with Gasteiger partial charge in [-0.3, -0.25) is 0 Å². The van der Waals surface area contributed by atoms with Gasteiger partial charge in [-0.25, -0.2) is 0 Å². The van der Waals surface area contributed by atoms with Gasteiger partial charge in [0.2, 0.25) is 0 Å². The Bertz CT molecular complexity index is 1270. The molecule has 37 heavy (non-hydrogen) atoms. The van der Waals surface area contributed by atoms with Crippen LogP contribution in [0.5, 0.6) is 0 Å². The van der Waals surface area contributed by atoms with E-state index in [0.29, 0.717) is 0 Å². The molecule has 7 heteroatoms. The fraction of sp³-hybridized carbons (Fsp3) is 0.100. The van der Waals surface area contributed by atoms with E-state index in [1.165, 1.54) is 0 Å². The fourth-order valence-corrected chi connectivity index (χ4v) is 3.41. The van der Waals surface area contributed by atoms with Crippen molar-refractivity contribution in [3.8, 4) is 33.8 Å². The zero-order valence-corrected chi connectivity index (χ0v) is 22.6. The molecule has 0 spiro atoms. The number of aromatic nitrogens is 6. The maximum atomic E-state index is 4.04. The average molecular weight is 519 g/mol. The number of nitrogens with zero attached hydrogens (tertiary/aromatic N) is 6. The van der Waals surface area contributed by atoms with Crippen LogP contribution in [0.15, 0.2) is 109 Å². The van der Waals surface area contributed by atoms with Crippen LogP contribution in [0.1, 0.15) is 17.1 Å². The van der Waals surface area contributed by atoms with Crippen molar-refractivity contribution in [1.29, 1.82) is 0 Å². The van der Waals surface area contributed by atoms with Gasteiger partial charge in [-0.15, -0.1) is 17.1 Å². The van der Waals surface area contributed by atoms with Crippen LogP contribution in [0, 0.1) is 20.8 Å². The summed E-state index contributed by atoms with van der Waals surface area (Å²) >= 11 is 0. The van der Waals surface area contributed by atoms with Gasteiger partial charge in [-0.1, -0.05) is 130 Å². The molecule has 6 rings (SSSR count). The van der Waals surface area contributed by atoms with Gasteiger partial charge in [0.1, 0.15) is 0 Å². The van der Waals surface area contributed by atoms with Crippen LogP contribution in [0.3, 0.4) is 0 Å². The molecule has 0 amide bonds. The maximum Gasteiger partial charge on any atom is 3.00 e. The van der Waals surface area contributed by atoms with Gasteiger partial charge in [0, 0.05) is 17.1 Å². The number of hydrogen-bond donors (Lipinski definition) is 0. The summed E-state index contributed by atoms with van der Waals surface area (Å²) in [5.74, 6) is 0. The Morgan fingerprint density at radius 2 is 0.649 bits per heavy atom. The summed E-state index contributed by atoms with van der Waals surface area (Å²) in [4.78, 5) is 0. The number of benzene rings is 3. The molecule has 3 aromatic heterocycles. The average Bonchev–Trinajstić information content (AvgIpc) is 3.68. The second kappa shape index (κ2) is 13.9. The van der Waals surface area contributed by atoms with E-state index in [-0.39, 0.29) is 21.7 Å². The van der Waals surface area contributed by atoms with Gasteiger partial charge in [-0.2, -0.15) is 0 Å². The second-order valence-corrected chi connectivity index (χ2v) is 8.21. The third-order valence-corrected chi connectivity index (χ3v) is 5.19. The van der Waals surface area contributed by atoms with Crippen LogP contribution >= 0.6 is 0 Å². The van der Waals surface area contributed by atoms with Crippen molar-refractivity contribution in [1.82, 2.24) is 30.6 Å². The van der Waals surface area contributed by atoms with Crippen LogP contribution in [0.4, 0.5) is 0 Å². The first-order valence-electron chi connectivity index (χ1n) is 11.7. The van der Waals surface area contributed by atoms with Crippen LogP contribution in [0.25, 0.3) is 33.8 Å². The molecule has 6 aromatic rings. The molecule has 3 heterocycles. The largest absolute Gasteiger partial charge is 3.00 e. The third kappa shape index (κ3) is 8.28. The Hall–Kier alpha value is -4.00. The minimum atomic E-state index is 0. The molecule has 1 radical (unpaired) electrons. The van der Waals surface area contributed by atoms with E-state index in [0.717, 1.165) is 50.9 Å². The van der Waals surface area contributed by atoms with Gasteiger partial charge in [0.05, 0.1) is 0 Å². The molecule has 0 aliphatic rings. The minimum absolute atomic E-state index is 0. The number of rotatable bonds is 3. The summed E-state index contributed by atoms with van der Waals surface area (Å²) < 4.78 is 0. The smallest absolute Gasteiger partial charge is 0.579 e. The van der Waals surface area contributed by atoms with E-state index in [1.807, 2.05) is 130 Å². The number of aryl methyl sites for hydroxylation is 3. The first-order valence-corrected chi connectivity index (χ1v) is 11.7. The van der Waals surface area contributed by atoms with Gasteiger partial charge in [0.15, 0.2) is 0 Å². The maximum absolute atomic E-state index is 4.04. The molecular formula is C30H27N6Ti. The van der Waals surface area contributed by atoms with Gasteiger partial charge >= 0.3 is 21.7 Å². The fourth-order valence-electron chi connectivity index (χ4n) is 3.41. The van der Waals surface area contributed by atoms with Crippen molar-refractivity contribution in [2.75, 3.05) is 0 Å². The van der Waals surface area contributed by atoms with Gasteiger partial charge in [0.25, 0.3) is 0 Å². The monoisotopic (exact) mass is 519 g/mol.